The summed E-state index contributed by atoms with van der Waals surface area (Å²) in [5.41, 5.74) is 0. The van der Waals surface area contributed by atoms with Crippen molar-refractivity contribution in [2.45, 2.75) is 0 Å². The normalized spacial score (nSPS) is 17.1. The van der Waals surface area contributed by atoms with Crippen LogP contribution in [-0.2, 0) is 15.0 Å². The standard InChI is InChI=1S/C4H6N2O3S/c5-10(7,8)6-3-1-2-4-9-6/h1-4H,(H2,5,7,8). The van der Waals surface area contributed by atoms with Crippen molar-refractivity contribution in [1.29, 1.82) is 0 Å². The number of rotatable bonds is 1. The largest absolute Gasteiger partial charge is 0.372 e. The van der Waals surface area contributed by atoms with Gasteiger partial charge >= 0.3 is 10.2 Å². The van der Waals surface area contributed by atoms with Crippen LogP contribution in [0.4, 0.5) is 0 Å². The molecule has 6 heteroatoms. The third kappa shape index (κ3) is 1.49. The molecule has 1 rings (SSSR count). The number of allylic oxidation sites excluding steroid dienone is 2. The summed E-state index contributed by atoms with van der Waals surface area (Å²) in [5, 5.41) is 4.70. The van der Waals surface area contributed by atoms with E-state index in [-0.39, 0.29) is 0 Å². The highest BCUT2D eigenvalue weighted by molar-refractivity contribution is 7.86. The fraction of sp³-hybridized carbons (Fsp3) is 0. The van der Waals surface area contributed by atoms with Gasteiger partial charge < -0.3 is 4.84 Å². The van der Waals surface area contributed by atoms with Gasteiger partial charge in [0.05, 0.1) is 6.20 Å². The first kappa shape index (κ1) is 7.10. The van der Waals surface area contributed by atoms with Crippen molar-refractivity contribution in [3.63, 3.8) is 0 Å². The molecule has 0 saturated carbocycles. The molecule has 0 bridgehead atoms. The van der Waals surface area contributed by atoms with Gasteiger partial charge in [-0.25, -0.2) is 5.14 Å². The molecular weight excluding hydrogens is 156 g/mol. The Bertz CT molecular complexity index is 266. The van der Waals surface area contributed by atoms with Crippen LogP contribution in [0.2, 0.25) is 0 Å². The maximum atomic E-state index is 10.5. The summed E-state index contributed by atoms with van der Waals surface area (Å²) in [6.07, 6.45) is 5.45. The van der Waals surface area contributed by atoms with Gasteiger partial charge in [-0.2, -0.15) is 8.42 Å². The van der Waals surface area contributed by atoms with Crippen LogP contribution in [-0.4, -0.2) is 12.9 Å². The van der Waals surface area contributed by atoms with Crippen molar-refractivity contribution in [1.82, 2.24) is 4.47 Å². The van der Waals surface area contributed by atoms with Gasteiger partial charge in [-0.1, -0.05) is 4.47 Å². The van der Waals surface area contributed by atoms with Gasteiger partial charge in [0.1, 0.15) is 6.26 Å². The summed E-state index contributed by atoms with van der Waals surface area (Å²) < 4.78 is 21.5. The minimum atomic E-state index is -3.75. The monoisotopic (exact) mass is 162 g/mol. The van der Waals surface area contributed by atoms with Gasteiger partial charge in [0.15, 0.2) is 0 Å². The number of hydrogen-bond acceptors (Lipinski definition) is 3. The second kappa shape index (κ2) is 2.31. The molecule has 10 heavy (non-hydrogen) atoms. The molecule has 0 atom stereocenters. The topological polar surface area (TPSA) is 72.6 Å². The van der Waals surface area contributed by atoms with E-state index in [4.69, 9.17) is 5.14 Å². The summed E-state index contributed by atoms with van der Waals surface area (Å²) in [5.74, 6) is 0. The van der Waals surface area contributed by atoms with Crippen LogP contribution in [0.1, 0.15) is 0 Å². The predicted molar refractivity (Wildman–Crippen MR) is 34.3 cm³/mol. The maximum Gasteiger partial charge on any atom is 0.329 e. The number of hydroxylamine groups is 1. The first-order chi connectivity index (χ1) is 4.61. The minimum absolute atomic E-state index is 0.562. The molecule has 0 unspecified atom stereocenters. The average Bonchev–Trinajstić information content (AvgIpc) is 1.88. The van der Waals surface area contributed by atoms with Gasteiger partial charge in [0.25, 0.3) is 0 Å². The summed E-state index contributed by atoms with van der Waals surface area (Å²) >= 11 is 0. The van der Waals surface area contributed by atoms with Crippen LogP contribution in [0.25, 0.3) is 0 Å². The molecular formula is C4H6N2O3S. The number of nitrogens with zero attached hydrogens (tertiary/aromatic N) is 1. The Hall–Kier alpha value is -1.01. The Morgan fingerprint density at radius 2 is 2.10 bits per heavy atom. The first-order valence-electron chi connectivity index (χ1n) is 2.43. The highest BCUT2D eigenvalue weighted by Gasteiger charge is 2.13. The first-order valence-corrected chi connectivity index (χ1v) is 3.93. The molecule has 0 amide bonds. The lowest BCUT2D eigenvalue weighted by atomic mass is 10.6. The summed E-state index contributed by atoms with van der Waals surface area (Å²) in [6, 6.07) is 0. The summed E-state index contributed by atoms with van der Waals surface area (Å²) in [6.45, 7) is 0. The molecule has 2 N–H and O–H groups in total. The Balaban J connectivity index is 2.79. The molecule has 0 fully saturated rings. The van der Waals surface area contributed by atoms with E-state index in [2.05, 4.69) is 4.84 Å². The molecule has 1 aliphatic rings. The average molecular weight is 162 g/mol. The fourth-order valence-corrected chi connectivity index (χ4v) is 0.850. The molecule has 0 saturated heterocycles. The predicted octanol–water partition coefficient (Wildman–Crippen LogP) is -0.535. The van der Waals surface area contributed by atoms with Crippen molar-refractivity contribution in [3.05, 3.63) is 24.6 Å². The van der Waals surface area contributed by atoms with E-state index >= 15 is 0 Å². The van der Waals surface area contributed by atoms with Crippen LogP contribution in [0, 0.1) is 0 Å². The lowest BCUT2D eigenvalue weighted by molar-refractivity contribution is 0.0279. The smallest absolute Gasteiger partial charge is 0.329 e. The Morgan fingerprint density at radius 1 is 1.40 bits per heavy atom. The number of nitrogens with two attached hydrogens (primary N) is 1. The molecule has 5 nitrogen and oxygen atoms in total. The Morgan fingerprint density at radius 3 is 2.40 bits per heavy atom. The maximum absolute atomic E-state index is 10.5. The van der Waals surface area contributed by atoms with Crippen molar-refractivity contribution in [2.24, 2.45) is 5.14 Å². The molecule has 1 aliphatic heterocycles. The molecule has 56 valence electrons. The zero-order valence-electron chi connectivity index (χ0n) is 4.97. The summed E-state index contributed by atoms with van der Waals surface area (Å²) in [4.78, 5) is 4.50. The second-order valence-corrected chi connectivity index (χ2v) is 2.97. The molecule has 0 aromatic rings. The van der Waals surface area contributed by atoms with E-state index in [0.717, 1.165) is 0 Å². The zero-order chi connectivity index (χ0) is 7.61. The van der Waals surface area contributed by atoms with Gasteiger partial charge in [0, 0.05) is 0 Å². The fourth-order valence-electron chi connectivity index (χ4n) is 0.440. The molecule has 0 spiro atoms. The lowest BCUT2D eigenvalue weighted by Crippen LogP contribution is -2.31. The molecule has 1 heterocycles. The third-order valence-corrected chi connectivity index (χ3v) is 1.52. The molecule has 0 aromatic heterocycles. The number of hydrogen-bond donors (Lipinski definition) is 1. The van der Waals surface area contributed by atoms with Crippen molar-refractivity contribution in [3.8, 4) is 0 Å². The molecule has 0 aromatic carbocycles. The lowest BCUT2D eigenvalue weighted by Gasteiger charge is -2.15. The van der Waals surface area contributed by atoms with Crippen molar-refractivity contribution >= 4 is 10.2 Å². The summed E-state index contributed by atoms with van der Waals surface area (Å²) in [7, 11) is -3.75. The highest BCUT2D eigenvalue weighted by Crippen LogP contribution is 2.02. The van der Waals surface area contributed by atoms with Crippen LogP contribution < -0.4 is 5.14 Å². The second-order valence-electron chi connectivity index (χ2n) is 1.58. The van der Waals surface area contributed by atoms with E-state index < -0.39 is 10.2 Å². The highest BCUT2D eigenvalue weighted by atomic mass is 32.2. The van der Waals surface area contributed by atoms with Crippen LogP contribution in [0.5, 0.6) is 0 Å². The van der Waals surface area contributed by atoms with Gasteiger partial charge in [-0.05, 0) is 12.2 Å². The van der Waals surface area contributed by atoms with Crippen LogP contribution in [0.15, 0.2) is 24.6 Å². The minimum Gasteiger partial charge on any atom is -0.372 e. The van der Waals surface area contributed by atoms with E-state index in [1.807, 2.05) is 0 Å². The van der Waals surface area contributed by atoms with E-state index in [0.29, 0.717) is 4.47 Å². The van der Waals surface area contributed by atoms with Gasteiger partial charge in [-0.15, -0.1) is 0 Å². The van der Waals surface area contributed by atoms with Crippen LogP contribution in [0.3, 0.4) is 0 Å². The van der Waals surface area contributed by atoms with E-state index in [1.54, 1.807) is 6.08 Å². The molecule has 0 radical (unpaired) electrons. The van der Waals surface area contributed by atoms with E-state index in [9.17, 15) is 8.42 Å². The Labute approximate surface area is 58.5 Å². The SMILES string of the molecule is NS(=O)(=O)N1C=CC=CO1. The zero-order valence-corrected chi connectivity index (χ0v) is 5.78. The van der Waals surface area contributed by atoms with Gasteiger partial charge in [0.2, 0.25) is 0 Å². The van der Waals surface area contributed by atoms with Gasteiger partial charge in [-0.3, -0.25) is 0 Å². The Kier molecular flexibility index (Phi) is 1.64. The van der Waals surface area contributed by atoms with E-state index in [1.165, 1.54) is 18.5 Å². The quantitative estimate of drug-likeness (QED) is 0.563. The van der Waals surface area contributed by atoms with Crippen molar-refractivity contribution < 1.29 is 13.3 Å². The van der Waals surface area contributed by atoms with Crippen molar-refractivity contribution in [2.75, 3.05) is 0 Å². The van der Waals surface area contributed by atoms with Crippen LogP contribution >= 0.6 is 0 Å². The molecule has 0 aliphatic carbocycles. The third-order valence-electron chi connectivity index (χ3n) is 0.813.